The molecule has 7 nitrogen and oxygen atoms in total. The summed E-state index contributed by atoms with van der Waals surface area (Å²) in [7, 11) is 0. The molecule has 3 amide bonds. The number of benzene rings is 2. The maximum Gasteiger partial charge on any atom is 0.255 e. The Morgan fingerprint density at radius 1 is 1.03 bits per heavy atom. The highest BCUT2D eigenvalue weighted by Crippen LogP contribution is 2.27. The van der Waals surface area contributed by atoms with Crippen molar-refractivity contribution in [3.8, 4) is 5.75 Å². The van der Waals surface area contributed by atoms with Gasteiger partial charge in [0.15, 0.2) is 0 Å². The van der Waals surface area contributed by atoms with Crippen molar-refractivity contribution < 1.29 is 23.5 Å². The molecule has 33 heavy (non-hydrogen) atoms. The molecular formula is C24H25ClFN3O4. The second kappa shape index (κ2) is 10.2. The van der Waals surface area contributed by atoms with Crippen LogP contribution in [0.4, 0.5) is 10.1 Å². The first-order valence-corrected chi connectivity index (χ1v) is 11.4. The van der Waals surface area contributed by atoms with Crippen molar-refractivity contribution in [1.29, 1.82) is 0 Å². The molecule has 0 radical (unpaired) electrons. The Bertz CT molecular complexity index is 1070. The molecule has 1 saturated heterocycles. The smallest absolute Gasteiger partial charge is 0.255 e. The van der Waals surface area contributed by atoms with E-state index in [1.54, 1.807) is 9.80 Å². The lowest BCUT2D eigenvalue weighted by Crippen LogP contribution is -2.50. The molecule has 9 heteroatoms. The number of fused-ring (bicyclic) bond motifs is 1. The molecule has 2 aromatic rings. The highest BCUT2D eigenvalue weighted by molar-refractivity contribution is 6.33. The number of carbonyl (C=O) groups is 3. The number of amides is 3. The summed E-state index contributed by atoms with van der Waals surface area (Å²) in [5.74, 6) is 0.0305. The van der Waals surface area contributed by atoms with Gasteiger partial charge in [0.25, 0.3) is 5.91 Å². The van der Waals surface area contributed by atoms with Crippen LogP contribution < -0.4 is 10.1 Å². The van der Waals surface area contributed by atoms with Gasteiger partial charge in [-0.2, -0.15) is 0 Å². The summed E-state index contributed by atoms with van der Waals surface area (Å²) in [4.78, 5) is 40.0. The van der Waals surface area contributed by atoms with Crippen LogP contribution in [0.25, 0.3) is 0 Å². The lowest BCUT2D eigenvalue weighted by Gasteiger charge is -2.35. The highest BCUT2D eigenvalue weighted by Gasteiger charge is 2.26. The number of aryl methyl sites for hydroxylation is 1. The normalized spacial score (nSPS) is 15.6. The molecule has 2 aliphatic heterocycles. The van der Waals surface area contributed by atoms with E-state index in [0.717, 1.165) is 23.1 Å². The van der Waals surface area contributed by atoms with Gasteiger partial charge in [-0.3, -0.25) is 14.4 Å². The Kier molecular flexibility index (Phi) is 7.13. The Hall–Kier alpha value is -3.13. The SMILES string of the molecule is O=C1CCc2cc(OCCCC(=O)N3CCN(C(=O)c4ccc(F)cc4Cl)CC3)ccc2N1. The van der Waals surface area contributed by atoms with E-state index in [9.17, 15) is 18.8 Å². The van der Waals surface area contributed by atoms with E-state index in [1.807, 2.05) is 18.2 Å². The predicted molar refractivity (Wildman–Crippen MR) is 122 cm³/mol. The summed E-state index contributed by atoms with van der Waals surface area (Å²) in [5, 5.41) is 2.92. The third-order valence-electron chi connectivity index (χ3n) is 5.86. The van der Waals surface area contributed by atoms with Crippen LogP contribution in [-0.4, -0.2) is 60.3 Å². The number of nitrogens with one attached hydrogen (secondary N) is 1. The fourth-order valence-electron chi connectivity index (χ4n) is 4.01. The fraction of sp³-hybridized carbons (Fsp3) is 0.375. The van der Waals surface area contributed by atoms with Gasteiger partial charge in [0, 0.05) is 44.7 Å². The van der Waals surface area contributed by atoms with Gasteiger partial charge in [-0.05, 0) is 54.8 Å². The number of ether oxygens (including phenoxy) is 1. The minimum atomic E-state index is -0.490. The molecule has 4 rings (SSSR count). The lowest BCUT2D eigenvalue weighted by molar-refractivity contribution is -0.132. The third-order valence-corrected chi connectivity index (χ3v) is 6.17. The number of piperazine rings is 1. The van der Waals surface area contributed by atoms with Crippen LogP contribution in [0.15, 0.2) is 36.4 Å². The van der Waals surface area contributed by atoms with Crippen LogP contribution in [0.2, 0.25) is 5.02 Å². The minimum Gasteiger partial charge on any atom is -0.494 e. The van der Waals surface area contributed by atoms with Gasteiger partial charge in [-0.25, -0.2) is 4.39 Å². The summed E-state index contributed by atoms with van der Waals surface area (Å²) < 4.78 is 19.0. The maximum absolute atomic E-state index is 13.2. The number of anilines is 1. The number of hydrogen-bond acceptors (Lipinski definition) is 4. The van der Waals surface area contributed by atoms with Crippen molar-refractivity contribution >= 4 is 35.0 Å². The molecule has 2 heterocycles. The van der Waals surface area contributed by atoms with E-state index in [2.05, 4.69) is 5.32 Å². The Balaban J connectivity index is 1.19. The number of hydrogen-bond donors (Lipinski definition) is 1. The van der Waals surface area contributed by atoms with Crippen LogP contribution >= 0.6 is 11.6 Å². The first-order valence-electron chi connectivity index (χ1n) is 11.0. The number of rotatable bonds is 6. The Morgan fingerprint density at radius 2 is 1.79 bits per heavy atom. The first-order chi connectivity index (χ1) is 15.9. The highest BCUT2D eigenvalue weighted by atomic mass is 35.5. The summed E-state index contributed by atoms with van der Waals surface area (Å²) in [5.41, 5.74) is 2.14. The molecule has 1 fully saturated rings. The van der Waals surface area contributed by atoms with Gasteiger partial charge < -0.3 is 19.9 Å². The maximum atomic E-state index is 13.2. The van der Waals surface area contributed by atoms with Gasteiger partial charge >= 0.3 is 0 Å². The second-order valence-corrected chi connectivity index (χ2v) is 8.52. The van der Waals surface area contributed by atoms with E-state index in [0.29, 0.717) is 58.5 Å². The van der Waals surface area contributed by atoms with Gasteiger partial charge in [0.1, 0.15) is 11.6 Å². The molecule has 0 spiro atoms. The third kappa shape index (κ3) is 5.63. The van der Waals surface area contributed by atoms with Crippen LogP contribution in [0.5, 0.6) is 5.75 Å². The molecule has 174 valence electrons. The average molecular weight is 474 g/mol. The first kappa shape index (κ1) is 23.0. The molecule has 0 aliphatic carbocycles. The standard InChI is InChI=1S/C24H25ClFN3O4/c25-20-15-17(26)4-6-19(20)24(32)29-11-9-28(10-12-29)23(31)2-1-13-33-18-5-7-21-16(14-18)3-8-22(30)27-21/h4-7,14-15H,1-3,8-13H2,(H,27,30). The van der Waals surface area contributed by atoms with Gasteiger partial charge in [-0.1, -0.05) is 11.6 Å². The fourth-order valence-corrected chi connectivity index (χ4v) is 4.26. The monoisotopic (exact) mass is 473 g/mol. The number of halogens is 2. The molecule has 2 aromatic carbocycles. The average Bonchev–Trinajstić information content (AvgIpc) is 2.81. The van der Waals surface area contributed by atoms with Gasteiger partial charge in [0.2, 0.25) is 11.8 Å². The van der Waals surface area contributed by atoms with Crippen molar-refractivity contribution in [2.75, 3.05) is 38.1 Å². The Morgan fingerprint density at radius 3 is 2.55 bits per heavy atom. The second-order valence-electron chi connectivity index (χ2n) is 8.12. The molecule has 0 saturated carbocycles. The van der Waals surface area contributed by atoms with Crippen molar-refractivity contribution in [3.63, 3.8) is 0 Å². The molecule has 0 bridgehead atoms. The molecule has 0 unspecified atom stereocenters. The zero-order valence-electron chi connectivity index (χ0n) is 18.1. The molecule has 2 aliphatic rings. The van der Waals surface area contributed by atoms with E-state index >= 15 is 0 Å². The minimum absolute atomic E-state index is 0.0265. The molecule has 1 N–H and O–H groups in total. The van der Waals surface area contributed by atoms with Crippen LogP contribution in [0.3, 0.4) is 0 Å². The van der Waals surface area contributed by atoms with E-state index in [4.69, 9.17) is 16.3 Å². The van der Waals surface area contributed by atoms with E-state index < -0.39 is 5.82 Å². The van der Waals surface area contributed by atoms with Crippen molar-refractivity contribution in [1.82, 2.24) is 9.80 Å². The van der Waals surface area contributed by atoms with E-state index in [1.165, 1.54) is 12.1 Å². The summed E-state index contributed by atoms with van der Waals surface area (Å²) in [6.07, 6.45) is 2.11. The molecular weight excluding hydrogens is 449 g/mol. The van der Waals surface area contributed by atoms with Crippen molar-refractivity contribution in [2.24, 2.45) is 0 Å². The Labute approximate surface area is 196 Å². The van der Waals surface area contributed by atoms with Gasteiger partial charge in [0.05, 0.1) is 17.2 Å². The van der Waals surface area contributed by atoms with E-state index in [-0.39, 0.29) is 28.3 Å². The lowest BCUT2D eigenvalue weighted by atomic mass is 10.0. The predicted octanol–water partition coefficient (Wildman–Crippen LogP) is 3.51. The summed E-state index contributed by atoms with van der Waals surface area (Å²) >= 11 is 6.00. The van der Waals surface area contributed by atoms with Crippen molar-refractivity contribution in [2.45, 2.75) is 25.7 Å². The summed E-state index contributed by atoms with van der Waals surface area (Å²) in [6.45, 7) is 2.11. The topological polar surface area (TPSA) is 79.0 Å². The van der Waals surface area contributed by atoms with Crippen LogP contribution in [-0.2, 0) is 16.0 Å². The van der Waals surface area contributed by atoms with Crippen LogP contribution in [0.1, 0.15) is 35.2 Å². The quantitative estimate of drug-likeness (QED) is 0.651. The zero-order chi connectivity index (χ0) is 23.4. The van der Waals surface area contributed by atoms with Crippen molar-refractivity contribution in [3.05, 3.63) is 58.4 Å². The molecule has 0 aromatic heterocycles. The molecule has 0 atom stereocenters. The number of nitrogens with zero attached hydrogens (tertiary/aromatic N) is 2. The number of carbonyl (C=O) groups excluding carboxylic acids is 3. The largest absolute Gasteiger partial charge is 0.494 e. The van der Waals surface area contributed by atoms with Crippen LogP contribution in [0, 0.1) is 5.82 Å². The van der Waals surface area contributed by atoms with Gasteiger partial charge in [-0.15, -0.1) is 0 Å². The zero-order valence-corrected chi connectivity index (χ0v) is 18.9. The summed E-state index contributed by atoms with van der Waals surface area (Å²) in [6, 6.07) is 9.31.